The van der Waals surface area contributed by atoms with Gasteiger partial charge in [0.2, 0.25) is 0 Å². The van der Waals surface area contributed by atoms with Gasteiger partial charge in [-0.1, -0.05) is 0 Å². The molecule has 15 heavy (non-hydrogen) atoms. The van der Waals surface area contributed by atoms with Gasteiger partial charge < -0.3 is 15.3 Å². The van der Waals surface area contributed by atoms with Gasteiger partial charge in [-0.2, -0.15) is 5.10 Å². The van der Waals surface area contributed by atoms with Gasteiger partial charge >= 0.3 is 0 Å². The molecule has 0 unspecified atom stereocenters. The number of hydrogen-bond acceptors (Lipinski definition) is 4. The van der Waals surface area contributed by atoms with Gasteiger partial charge in [0.1, 0.15) is 5.69 Å². The van der Waals surface area contributed by atoms with Crippen molar-refractivity contribution in [1.29, 1.82) is 0 Å². The molecule has 0 aromatic carbocycles. The van der Waals surface area contributed by atoms with Crippen molar-refractivity contribution in [2.45, 2.75) is 12.1 Å². The summed E-state index contributed by atoms with van der Waals surface area (Å²) in [6.07, 6.45) is 1.03. The van der Waals surface area contributed by atoms with Crippen molar-refractivity contribution in [3.05, 3.63) is 18.0 Å². The molecule has 0 aliphatic carbocycles. The van der Waals surface area contributed by atoms with Gasteiger partial charge in [-0.05, 0) is 6.07 Å². The smallest absolute Gasteiger partial charge is 0.271 e. The first kappa shape index (κ1) is 10.1. The minimum Gasteiger partial charge on any atom is -0.390 e. The Morgan fingerprint density at radius 3 is 3.00 bits per heavy atom. The highest BCUT2D eigenvalue weighted by Crippen LogP contribution is 2.10. The number of aliphatic hydroxyl groups excluding tert-OH is 1. The number of likely N-dealkylation sites (N-methyl/N-ethyl adjacent to an activating group) is 1. The number of H-pyrrole nitrogens is 1. The summed E-state index contributed by atoms with van der Waals surface area (Å²) in [5, 5.41) is 19.0. The van der Waals surface area contributed by atoms with Crippen molar-refractivity contribution < 1.29 is 9.90 Å². The van der Waals surface area contributed by atoms with E-state index in [9.17, 15) is 9.90 Å². The maximum atomic E-state index is 11.9. The fourth-order valence-corrected chi connectivity index (χ4v) is 1.76. The van der Waals surface area contributed by atoms with E-state index in [-0.39, 0.29) is 11.9 Å². The van der Waals surface area contributed by atoms with Crippen LogP contribution in [0, 0.1) is 0 Å². The van der Waals surface area contributed by atoms with Gasteiger partial charge in [-0.15, -0.1) is 0 Å². The van der Waals surface area contributed by atoms with Crippen LogP contribution in [0.3, 0.4) is 0 Å². The third-order valence-electron chi connectivity index (χ3n) is 2.70. The third kappa shape index (κ3) is 1.86. The zero-order chi connectivity index (χ0) is 10.8. The van der Waals surface area contributed by atoms with E-state index in [0.29, 0.717) is 18.8 Å². The highest BCUT2D eigenvalue weighted by Gasteiger charge is 2.31. The maximum Gasteiger partial charge on any atom is 0.271 e. The Balaban J connectivity index is 2.07. The molecule has 82 valence electrons. The SMILES string of the molecule is CN(C(=O)c1ccn[nH]1)[C@H]1CNC[C@@H]1O. The number of β-amino-alcohol motifs (C(OH)–C–C–N with tert-alkyl or cyclic N) is 1. The molecular formula is C9H14N4O2. The number of amides is 1. The molecule has 1 aromatic rings. The highest BCUT2D eigenvalue weighted by molar-refractivity contribution is 5.92. The van der Waals surface area contributed by atoms with E-state index < -0.39 is 6.10 Å². The number of aromatic nitrogens is 2. The molecule has 6 heteroatoms. The summed E-state index contributed by atoms with van der Waals surface area (Å²) in [7, 11) is 1.68. The van der Waals surface area contributed by atoms with Crippen LogP contribution in [0.15, 0.2) is 12.3 Å². The average molecular weight is 210 g/mol. The molecule has 1 fully saturated rings. The van der Waals surface area contributed by atoms with Gasteiger partial charge in [0.05, 0.1) is 12.1 Å². The van der Waals surface area contributed by atoms with Gasteiger partial charge in [-0.3, -0.25) is 9.89 Å². The van der Waals surface area contributed by atoms with Crippen LogP contribution < -0.4 is 5.32 Å². The fraction of sp³-hybridized carbons (Fsp3) is 0.556. The van der Waals surface area contributed by atoms with E-state index in [1.54, 1.807) is 13.1 Å². The predicted molar refractivity (Wildman–Crippen MR) is 53.3 cm³/mol. The highest BCUT2D eigenvalue weighted by atomic mass is 16.3. The zero-order valence-electron chi connectivity index (χ0n) is 8.47. The second kappa shape index (κ2) is 4.00. The first-order valence-electron chi connectivity index (χ1n) is 4.85. The van der Waals surface area contributed by atoms with E-state index in [1.165, 1.54) is 11.1 Å². The first-order valence-corrected chi connectivity index (χ1v) is 4.85. The standard InChI is InChI=1S/C9H14N4O2/c1-13(7-4-10-5-8(7)14)9(15)6-2-3-11-12-6/h2-3,7-8,10,14H,4-5H2,1H3,(H,11,12)/t7-,8-/m0/s1. The van der Waals surface area contributed by atoms with Gasteiger partial charge in [0.25, 0.3) is 5.91 Å². The van der Waals surface area contributed by atoms with Crippen LogP contribution in [-0.2, 0) is 0 Å². The lowest BCUT2D eigenvalue weighted by Crippen LogP contribution is -2.44. The van der Waals surface area contributed by atoms with Crippen LogP contribution in [0.2, 0.25) is 0 Å². The van der Waals surface area contributed by atoms with Crippen LogP contribution in [-0.4, -0.2) is 58.4 Å². The van der Waals surface area contributed by atoms with Gasteiger partial charge in [0.15, 0.2) is 0 Å². The monoisotopic (exact) mass is 210 g/mol. The molecule has 2 atom stereocenters. The Kier molecular flexibility index (Phi) is 2.70. The minimum absolute atomic E-state index is 0.153. The Labute approximate surface area is 87.3 Å². The summed E-state index contributed by atoms with van der Waals surface area (Å²) in [4.78, 5) is 13.4. The molecule has 1 aliphatic rings. The first-order chi connectivity index (χ1) is 7.20. The van der Waals surface area contributed by atoms with Crippen LogP contribution in [0.1, 0.15) is 10.5 Å². The average Bonchev–Trinajstić information content (AvgIpc) is 2.85. The van der Waals surface area contributed by atoms with Crippen LogP contribution in [0.4, 0.5) is 0 Å². The van der Waals surface area contributed by atoms with E-state index >= 15 is 0 Å². The number of nitrogens with one attached hydrogen (secondary N) is 2. The van der Waals surface area contributed by atoms with Crippen molar-refractivity contribution in [1.82, 2.24) is 20.4 Å². The lowest BCUT2D eigenvalue weighted by molar-refractivity contribution is 0.0576. The quantitative estimate of drug-likeness (QED) is 0.573. The van der Waals surface area contributed by atoms with Crippen molar-refractivity contribution >= 4 is 5.91 Å². The summed E-state index contributed by atoms with van der Waals surface area (Å²) in [6, 6.07) is 1.45. The van der Waals surface area contributed by atoms with Crippen molar-refractivity contribution in [2.24, 2.45) is 0 Å². The lowest BCUT2D eigenvalue weighted by Gasteiger charge is -2.25. The largest absolute Gasteiger partial charge is 0.390 e. The molecule has 1 amide bonds. The molecule has 2 heterocycles. The Morgan fingerprint density at radius 2 is 2.47 bits per heavy atom. The van der Waals surface area contributed by atoms with E-state index in [4.69, 9.17) is 0 Å². The topological polar surface area (TPSA) is 81.2 Å². The number of hydrogen-bond donors (Lipinski definition) is 3. The molecular weight excluding hydrogens is 196 g/mol. The van der Waals surface area contributed by atoms with Gasteiger partial charge in [-0.25, -0.2) is 0 Å². The minimum atomic E-state index is -0.498. The molecule has 0 bridgehead atoms. The molecule has 2 rings (SSSR count). The summed E-state index contributed by atoms with van der Waals surface area (Å²) in [5.41, 5.74) is 0.441. The van der Waals surface area contributed by atoms with Crippen LogP contribution in [0.5, 0.6) is 0 Å². The summed E-state index contributed by atoms with van der Waals surface area (Å²) >= 11 is 0. The second-order valence-corrected chi connectivity index (χ2v) is 3.68. The number of nitrogens with zero attached hydrogens (tertiary/aromatic N) is 2. The predicted octanol–water partition coefficient (Wildman–Crippen LogP) is -1.19. The van der Waals surface area contributed by atoms with Crippen LogP contribution >= 0.6 is 0 Å². The molecule has 0 spiro atoms. The Bertz CT molecular complexity index is 338. The lowest BCUT2D eigenvalue weighted by atomic mass is 10.2. The number of carbonyl (C=O) groups is 1. The third-order valence-corrected chi connectivity index (χ3v) is 2.70. The second-order valence-electron chi connectivity index (χ2n) is 3.68. The van der Waals surface area contributed by atoms with E-state index in [0.717, 1.165) is 0 Å². The van der Waals surface area contributed by atoms with E-state index in [2.05, 4.69) is 15.5 Å². The Hall–Kier alpha value is -1.40. The molecule has 6 nitrogen and oxygen atoms in total. The van der Waals surface area contributed by atoms with Crippen LogP contribution in [0.25, 0.3) is 0 Å². The van der Waals surface area contributed by atoms with Crippen molar-refractivity contribution in [3.8, 4) is 0 Å². The van der Waals surface area contributed by atoms with E-state index in [1.807, 2.05) is 0 Å². The molecule has 0 radical (unpaired) electrons. The summed E-state index contributed by atoms with van der Waals surface area (Å²) < 4.78 is 0. The number of aromatic amines is 1. The zero-order valence-corrected chi connectivity index (χ0v) is 8.47. The van der Waals surface area contributed by atoms with Crippen molar-refractivity contribution in [3.63, 3.8) is 0 Å². The molecule has 1 aliphatic heterocycles. The molecule has 0 saturated carbocycles. The van der Waals surface area contributed by atoms with Crippen molar-refractivity contribution in [2.75, 3.05) is 20.1 Å². The summed E-state index contributed by atoms with van der Waals surface area (Å²) in [6.45, 7) is 1.16. The molecule has 1 aromatic heterocycles. The molecule has 3 N–H and O–H groups in total. The number of rotatable bonds is 2. The molecule has 1 saturated heterocycles. The normalized spacial score (nSPS) is 25.5. The number of aliphatic hydroxyl groups is 1. The summed E-state index contributed by atoms with van der Waals surface area (Å²) in [5.74, 6) is -0.153. The fourth-order valence-electron chi connectivity index (χ4n) is 1.76. The maximum absolute atomic E-state index is 11.9. The van der Waals surface area contributed by atoms with Gasteiger partial charge in [0, 0.05) is 26.3 Å². The Morgan fingerprint density at radius 1 is 1.67 bits per heavy atom. The number of carbonyl (C=O) groups excluding carboxylic acids is 1.